The summed E-state index contributed by atoms with van der Waals surface area (Å²) in [5.74, 6) is 0.594. The van der Waals surface area contributed by atoms with E-state index in [9.17, 15) is 0 Å². The zero-order chi connectivity index (χ0) is 13.8. The first kappa shape index (κ1) is 13.7. The normalized spacial score (nSPS) is 10.2. The minimum atomic E-state index is -0.0135. The average molecular weight is 295 g/mol. The number of hydrogen-bond acceptors (Lipinski definition) is 2. The minimum absolute atomic E-state index is 0.0135. The van der Waals surface area contributed by atoms with E-state index in [1.165, 1.54) is 0 Å². The van der Waals surface area contributed by atoms with Crippen LogP contribution in [0.2, 0.25) is 10.0 Å². The molecule has 0 aliphatic carbocycles. The van der Waals surface area contributed by atoms with E-state index >= 15 is 0 Å². The van der Waals surface area contributed by atoms with Gasteiger partial charge in [-0.25, -0.2) is 0 Å². The van der Waals surface area contributed by atoms with Crippen molar-refractivity contribution in [2.75, 3.05) is 0 Å². The molecule has 0 fully saturated rings. The maximum atomic E-state index is 7.34. The van der Waals surface area contributed by atoms with Crippen molar-refractivity contribution in [1.29, 1.82) is 5.41 Å². The number of para-hydroxylation sites is 1. The molecular formula is C14H12Cl2N2O. The van der Waals surface area contributed by atoms with Gasteiger partial charge in [-0.1, -0.05) is 47.5 Å². The van der Waals surface area contributed by atoms with E-state index in [0.717, 1.165) is 5.56 Å². The molecule has 98 valence electrons. The van der Waals surface area contributed by atoms with Crippen LogP contribution in [0.1, 0.15) is 11.1 Å². The second-order valence-corrected chi connectivity index (χ2v) is 4.75. The fourth-order valence-corrected chi connectivity index (χ4v) is 1.97. The van der Waals surface area contributed by atoms with E-state index in [1.807, 2.05) is 12.1 Å². The van der Waals surface area contributed by atoms with Crippen molar-refractivity contribution in [2.24, 2.45) is 5.73 Å². The molecule has 0 aliphatic heterocycles. The smallest absolute Gasteiger partial charge is 0.138 e. The SMILES string of the molecule is N=C(N)c1ccc(COc2ccccc2Cl)c(Cl)c1. The Bertz CT molecular complexity index is 614. The number of nitrogen functional groups attached to an aromatic ring is 1. The van der Waals surface area contributed by atoms with Crippen LogP contribution in [-0.4, -0.2) is 5.84 Å². The van der Waals surface area contributed by atoms with Crippen molar-refractivity contribution in [1.82, 2.24) is 0 Å². The Kier molecular flexibility index (Phi) is 4.30. The van der Waals surface area contributed by atoms with Crippen LogP contribution in [0.3, 0.4) is 0 Å². The monoisotopic (exact) mass is 294 g/mol. The molecule has 0 aromatic heterocycles. The molecule has 2 aromatic rings. The molecule has 0 radical (unpaired) electrons. The van der Waals surface area contributed by atoms with Crippen molar-refractivity contribution < 1.29 is 4.74 Å². The molecule has 19 heavy (non-hydrogen) atoms. The van der Waals surface area contributed by atoms with Gasteiger partial charge in [-0.05, 0) is 18.2 Å². The fraction of sp³-hybridized carbons (Fsp3) is 0.0714. The van der Waals surface area contributed by atoms with Gasteiger partial charge in [0, 0.05) is 16.1 Å². The molecule has 5 heteroatoms. The molecular weight excluding hydrogens is 283 g/mol. The summed E-state index contributed by atoms with van der Waals surface area (Å²) < 4.78 is 5.60. The van der Waals surface area contributed by atoms with Crippen molar-refractivity contribution in [3.05, 3.63) is 63.6 Å². The first-order valence-electron chi connectivity index (χ1n) is 5.58. The predicted octanol–water partition coefficient (Wildman–Crippen LogP) is 3.86. The summed E-state index contributed by atoms with van der Waals surface area (Å²) in [6.45, 7) is 0.306. The molecule has 0 spiro atoms. The highest BCUT2D eigenvalue weighted by Gasteiger charge is 2.06. The second-order valence-electron chi connectivity index (χ2n) is 3.94. The molecule has 0 bridgehead atoms. The predicted molar refractivity (Wildman–Crippen MR) is 78.3 cm³/mol. The van der Waals surface area contributed by atoms with E-state index in [-0.39, 0.29) is 5.84 Å². The van der Waals surface area contributed by atoms with Gasteiger partial charge in [-0.3, -0.25) is 5.41 Å². The zero-order valence-corrected chi connectivity index (χ0v) is 11.5. The number of halogens is 2. The first-order valence-corrected chi connectivity index (χ1v) is 6.33. The van der Waals surface area contributed by atoms with Gasteiger partial charge in [0.2, 0.25) is 0 Å². The quantitative estimate of drug-likeness (QED) is 0.664. The van der Waals surface area contributed by atoms with Crippen LogP contribution in [0, 0.1) is 5.41 Å². The lowest BCUT2D eigenvalue weighted by Crippen LogP contribution is -2.11. The Labute approximate surface area is 121 Å². The summed E-state index contributed by atoms with van der Waals surface area (Å²) in [4.78, 5) is 0. The first-order chi connectivity index (χ1) is 9.08. The minimum Gasteiger partial charge on any atom is -0.487 e. The highest BCUT2D eigenvalue weighted by atomic mass is 35.5. The van der Waals surface area contributed by atoms with Crippen LogP contribution in [0.5, 0.6) is 5.75 Å². The Balaban J connectivity index is 2.12. The van der Waals surface area contributed by atoms with Crippen LogP contribution < -0.4 is 10.5 Å². The summed E-state index contributed by atoms with van der Waals surface area (Å²) in [5, 5.41) is 8.41. The number of nitrogens with one attached hydrogen (secondary N) is 1. The number of amidine groups is 1. The second kappa shape index (κ2) is 5.95. The molecule has 0 saturated carbocycles. The number of hydrogen-bond donors (Lipinski definition) is 2. The number of ether oxygens (including phenoxy) is 1. The lowest BCUT2D eigenvalue weighted by Gasteiger charge is -2.10. The molecule has 0 saturated heterocycles. The van der Waals surface area contributed by atoms with E-state index in [2.05, 4.69) is 0 Å². The molecule has 0 atom stereocenters. The third-order valence-corrected chi connectivity index (χ3v) is 3.25. The van der Waals surface area contributed by atoms with Crippen LogP contribution in [0.15, 0.2) is 42.5 Å². The van der Waals surface area contributed by atoms with Gasteiger partial charge in [-0.15, -0.1) is 0 Å². The van der Waals surface area contributed by atoms with E-state index < -0.39 is 0 Å². The summed E-state index contributed by atoms with van der Waals surface area (Å²) in [6.07, 6.45) is 0. The molecule has 0 heterocycles. The van der Waals surface area contributed by atoms with Gasteiger partial charge >= 0.3 is 0 Å². The van der Waals surface area contributed by atoms with Crippen LogP contribution in [-0.2, 0) is 6.61 Å². The Morgan fingerprint density at radius 2 is 1.84 bits per heavy atom. The Morgan fingerprint density at radius 3 is 2.47 bits per heavy atom. The van der Waals surface area contributed by atoms with Crippen LogP contribution in [0.25, 0.3) is 0 Å². The third kappa shape index (κ3) is 3.40. The van der Waals surface area contributed by atoms with Crippen LogP contribution in [0.4, 0.5) is 0 Å². The highest BCUT2D eigenvalue weighted by molar-refractivity contribution is 6.32. The molecule has 2 rings (SSSR count). The maximum absolute atomic E-state index is 7.34. The molecule has 0 aliphatic rings. The average Bonchev–Trinajstić information content (AvgIpc) is 2.39. The molecule has 2 aromatic carbocycles. The largest absolute Gasteiger partial charge is 0.487 e. The Morgan fingerprint density at radius 1 is 1.11 bits per heavy atom. The standard InChI is InChI=1S/C14H12Cl2N2O/c15-11-3-1-2-4-13(11)19-8-10-6-5-9(14(17)18)7-12(10)16/h1-7H,8H2,(H3,17,18). The summed E-state index contributed by atoms with van der Waals surface area (Å²) in [6, 6.07) is 12.4. The van der Waals surface area contributed by atoms with Crippen molar-refractivity contribution in [3.63, 3.8) is 0 Å². The maximum Gasteiger partial charge on any atom is 0.138 e. The summed E-state index contributed by atoms with van der Waals surface area (Å²) in [5.41, 5.74) is 6.79. The van der Waals surface area contributed by atoms with Gasteiger partial charge in [0.05, 0.1) is 5.02 Å². The third-order valence-electron chi connectivity index (χ3n) is 2.58. The molecule has 0 unspecified atom stereocenters. The highest BCUT2D eigenvalue weighted by Crippen LogP contribution is 2.25. The topological polar surface area (TPSA) is 59.1 Å². The lowest BCUT2D eigenvalue weighted by atomic mass is 10.1. The van der Waals surface area contributed by atoms with Crippen molar-refractivity contribution in [3.8, 4) is 5.75 Å². The van der Waals surface area contributed by atoms with E-state index in [4.69, 9.17) is 39.1 Å². The lowest BCUT2D eigenvalue weighted by molar-refractivity contribution is 0.306. The summed E-state index contributed by atoms with van der Waals surface area (Å²) in [7, 11) is 0. The summed E-state index contributed by atoms with van der Waals surface area (Å²) >= 11 is 12.1. The zero-order valence-electron chi connectivity index (χ0n) is 9.99. The number of nitrogens with two attached hydrogens (primary N) is 1. The van der Waals surface area contributed by atoms with Crippen LogP contribution >= 0.6 is 23.2 Å². The van der Waals surface area contributed by atoms with Gasteiger partial charge in [0.1, 0.15) is 18.2 Å². The van der Waals surface area contributed by atoms with Gasteiger partial charge in [0.15, 0.2) is 0 Å². The number of benzene rings is 2. The molecule has 3 nitrogen and oxygen atoms in total. The van der Waals surface area contributed by atoms with Crippen molar-refractivity contribution in [2.45, 2.75) is 6.61 Å². The van der Waals surface area contributed by atoms with Gasteiger partial charge in [-0.2, -0.15) is 0 Å². The van der Waals surface area contributed by atoms with Gasteiger partial charge in [0.25, 0.3) is 0 Å². The Hall–Kier alpha value is -1.71. The van der Waals surface area contributed by atoms with E-state index in [1.54, 1.807) is 30.3 Å². The van der Waals surface area contributed by atoms with E-state index in [0.29, 0.717) is 28.0 Å². The molecule has 3 N–H and O–H groups in total. The van der Waals surface area contributed by atoms with Crippen molar-refractivity contribution >= 4 is 29.0 Å². The van der Waals surface area contributed by atoms with Gasteiger partial charge < -0.3 is 10.5 Å². The molecule has 0 amide bonds. The fourth-order valence-electron chi connectivity index (χ4n) is 1.55. The number of rotatable bonds is 4.